The van der Waals surface area contributed by atoms with E-state index in [1.807, 2.05) is 16.7 Å². The molecule has 1 N–H and O–H groups in total. The fourth-order valence-corrected chi connectivity index (χ4v) is 2.93. The Morgan fingerprint density at radius 2 is 1.90 bits per heavy atom. The largest absolute Gasteiger partial charge is 0.326 e. The Morgan fingerprint density at radius 3 is 2.65 bits per heavy atom. The van der Waals surface area contributed by atoms with Gasteiger partial charge in [-0.2, -0.15) is 0 Å². The van der Waals surface area contributed by atoms with Crippen LogP contribution in [-0.2, 0) is 6.54 Å². The van der Waals surface area contributed by atoms with Crippen LogP contribution in [-0.4, -0.2) is 59.1 Å². The molecule has 1 aliphatic heterocycles. The highest BCUT2D eigenvalue weighted by Crippen LogP contribution is 2.14. The number of likely N-dealkylation sites (N-methyl/N-ethyl adjacent to an activating group) is 1. The number of hydrogen-bond donors (Lipinski definition) is 1. The van der Waals surface area contributed by atoms with Gasteiger partial charge in [-0.3, -0.25) is 9.47 Å². The van der Waals surface area contributed by atoms with Crippen LogP contribution in [0.15, 0.2) is 23.0 Å². The van der Waals surface area contributed by atoms with Crippen molar-refractivity contribution < 1.29 is 0 Å². The lowest BCUT2D eigenvalue weighted by Crippen LogP contribution is -2.45. The summed E-state index contributed by atoms with van der Waals surface area (Å²) in [5.74, 6) is 0. The van der Waals surface area contributed by atoms with E-state index in [4.69, 9.17) is 0 Å². The molecule has 5 nitrogen and oxygen atoms in total. The molecule has 1 fully saturated rings. The molecule has 1 aliphatic rings. The number of fused-ring (bicyclic) bond motifs is 1. The second kappa shape index (κ2) is 5.42. The zero-order valence-electron chi connectivity index (χ0n) is 12.2. The van der Waals surface area contributed by atoms with Crippen LogP contribution in [0.1, 0.15) is 5.56 Å². The van der Waals surface area contributed by atoms with E-state index in [0.717, 1.165) is 55.9 Å². The molecular formula is C15H22N4O. The minimum absolute atomic E-state index is 0.00317. The molecule has 1 aromatic carbocycles. The number of aromatic nitrogens is 2. The lowest BCUT2D eigenvalue weighted by molar-refractivity contribution is 0.150. The first-order valence-electron chi connectivity index (χ1n) is 7.24. The van der Waals surface area contributed by atoms with Gasteiger partial charge in [0.05, 0.1) is 11.0 Å². The maximum absolute atomic E-state index is 12.1. The normalized spacial score (nSPS) is 17.9. The third-order valence-corrected chi connectivity index (χ3v) is 4.23. The third-order valence-electron chi connectivity index (χ3n) is 4.23. The summed E-state index contributed by atoms with van der Waals surface area (Å²) in [7, 11) is 2.16. The first-order chi connectivity index (χ1) is 9.65. The van der Waals surface area contributed by atoms with Crippen molar-refractivity contribution in [3.05, 3.63) is 34.2 Å². The van der Waals surface area contributed by atoms with Gasteiger partial charge >= 0.3 is 5.69 Å². The number of rotatable bonds is 3. The fourth-order valence-electron chi connectivity index (χ4n) is 2.93. The first kappa shape index (κ1) is 13.4. The van der Waals surface area contributed by atoms with E-state index in [9.17, 15) is 4.79 Å². The minimum atomic E-state index is 0.00317. The monoisotopic (exact) mass is 274 g/mol. The van der Waals surface area contributed by atoms with Gasteiger partial charge in [0.25, 0.3) is 0 Å². The minimum Gasteiger partial charge on any atom is -0.306 e. The molecule has 0 unspecified atom stereocenters. The average Bonchev–Trinajstić information content (AvgIpc) is 2.75. The van der Waals surface area contributed by atoms with Gasteiger partial charge in [0.1, 0.15) is 0 Å². The summed E-state index contributed by atoms with van der Waals surface area (Å²) in [5, 5.41) is 0. The number of imidazole rings is 1. The van der Waals surface area contributed by atoms with Crippen molar-refractivity contribution in [3.8, 4) is 0 Å². The highest BCUT2D eigenvalue weighted by Gasteiger charge is 2.15. The van der Waals surface area contributed by atoms with Crippen LogP contribution in [0, 0.1) is 6.92 Å². The van der Waals surface area contributed by atoms with Crippen LogP contribution < -0.4 is 5.69 Å². The Balaban J connectivity index is 1.78. The molecular weight excluding hydrogens is 252 g/mol. The summed E-state index contributed by atoms with van der Waals surface area (Å²) < 4.78 is 1.88. The summed E-state index contributed by atoms with van der Waals surface area (Å²) in [6, 6.07) is 6.01. The summed E-state index contributed by atoms with van der Waals surface area (Å²) in [6.45, 7) is 8.16. The molecule has 0 aliphatic carbocycles. The molecule has 0 saturated carbocycles. The predicted molar refractivity (Wildman–Crippen MR) is 81.2 cm³/mol. The molecule has 2 heterocycles. The summed E-state index contributed by atoms with van der Waals surface area (Å²) in [6.07, 6.45) is 0. The summed E-state index contributed by atoms with van der Waals surface area (Å²) in [4.78, 5) is 19.8. The molecule has 0 atom stereocenters. The van der Waals surface area contributed by atoms with Crippen molar-refractivity contribution in [2.45, 2.75) is 13.5 Å². The maximum atomic E-state index is 12.1. The molecule has 0 radical (unpaired) electrons. The van der Waals surface area contributed by atoms with E-state index in [0.29, 0.717) is 0 Å². The average molecular weight is 274 g/mol. The topological polar surface area (TPSA) is 44.3 Å². The van der Waals surface area contributed by atoms with Crippen LogP contribution in [0.4, 0.5) is 0 Å². The number of aryl methyl sites for hydroxylation is 1. The van der Waals surface area contributed by atoms with E-state index in [1.54, 1.807) is 0 Å². The van der Waals surface area contributed by atoms with Gasteiger partial charge in [0.2, 0.25) is 0 Å². The van der Waals surface area contributed by atoms with Crippen molar-refractivity contribution in [2.24, 2.45) is 0 Å². The van der Waals surface area contributed by atoms with E-state index >= 15 is 0 Å². The van der Waals surface area contributed by atoms with Gasteiger partial charge in [-0.15, -0.1) is 0 Å². The number of aromatic amines is 1. The molecule has 0 spiro atoms. The van der Waals surface area contributed by atoms with Gasteiger partial charge in [-0.25, -0.2) is 4.79 Å². The molecule has 3 rings (SSSR count). The number of nitrogens with one attached hydrogen (secondary N) is 1. The molecule has 0 amide bonds. The van der Waals surface area contributed by atoms with Crippen LogP contribution >= 0.6 is 0 Å². The third kappa shape index (κ3) is 2.51. The van der Waals surface area contributed by atoms with Crippen molar-refractivity contribution in [2.75, 3.05) is 39.8 Å². The Labute approximate surface area is 118 Å². The van der Waals surface area contributed by atoms with E-state index in [-0.39, 0.29) is 5.69 Å². The van der Waals surface area contributed by atoms with Gasteiger partial charge in [0, 0.05) is 39.3 Å². The van der Waals surface area contributed by atoms with Crippen LogP contribution in [0.25, 0.3) is 11.0 Å². The second-order valence-electron chi connectivity index (χ2n) is 5.70. The maximum Gasteiger partial charge on any atom is 0.326 e. The molecule has 0 bridgehead atoms. The molecule has 2 aromatic rings. The smallest absolute Gasteiger partial charge is 0.306 e. The molecule has 5 heteroatoms. The van der Waals surface area contributed by atoms with E-state index in [2.05, 4.69) is 34.8 Å². The van der Waals surface area contributed by atoms with Crippen molar-refractivity contribution in [3.63, 3.8) is 0 Å². The quantitative estimate of drug-likeness (QED) is 0.904. The molecule has 108 valence electrons. The van der Waals surface area contributed by atoms with Crippen LogP contribution in [0.2, 0.25) is 0 Å². The highest BCUT2D eigenvalue weighted by molar-refractivity contribution is 5.78. The Hall–Kier alpha value is -1.59. The summed E-state index contributed by atoms with van der Waals surface area (Å²) >= 11 is 0. The molecule has 20 heavy (non-hydrogen) atoms. The fraction of sp³-hybridized carbons (Fsp3) is 0.533. The zero-order chi connectivity index (χ0) is 14.1. The van der Waals surface area contributed by atoms with Crippen LogP contribution in [0.3, 0.4) is 0 Å². The molecule has 1 aromatic heterocycles. The van der Waals surface area contributed by atoms with E-state index < -0.39 is 0 Å². The molecule has 1 saturated heterocycles. The number of benzene rings is 1. The Morgan fingerprint density at radius 1 is 1.15 bits per heavy atom. The Kier molecular flexibility index (Phi) is 3.63. The number of para-hydroxylation sites is 1. The van der Waals surface area contributed by atoms with Crippen molar-refractivity contribution in [1.29, 1.82) is 0 Å². The van der Waals surface area contributed by atoms with E-state index in [1.165, 1.54) is 0 Å². The highest BCUT2D eigenvalue weighted by atomic mass is 16.1. The van der Waals surface area contributed by atoms with Crippen molar-refractivity contribution >= 4 is 11.0 Å². The van der Waals surface area contributed by atoms with Gasteiger partial charge in [0.15, 0.2) is 0 Å². The lowest BCUT2D eigenvalue weighted by atomic mass is 10.2. The standard InChI is InChI=1S/C15H22N4O/c1-12-4-3-5-13-14(12)19(15(20)16-13)11-10-18-8-6-17(2)7-9-18/h3-5H,6-11H2,1-2H3,(H,16,20). The Bertz CT molecular complexity index is 649. The van der Waals surface area contributed by atoms with Crippen LogP contribution in [0.5, 0.6) is 0 Å². The van der Waals surface area contributed by atoms with Gasteiger partial charge in [-0.05, 0) is 25.6 Å². The number of hydrogen-bond acceptors (Lipinski definition) is 3. The second-order valence-corrected chi connectivity index (χ2v) is 5.70. The number of piperazine rings is 1. The van der Waals surface area contributed by atoms with Gasteiger partial charge in [-0.1, -0.05) is 12.1 Å². The lowest BCUT2D eigenvalue weighted by Gasteiger charge is -2.32. The van der Waals surface area contributed by atoms with Gasteiger partial charge < -0.3 is 9.88 Å². The number of H-pyrrole nitrogens is 1. The first-order valence-corrected chi connectivity index (χ1v) is 7.24. The SMILES string of the molecule is Cc1cccc2[nH]c(=O)n(CCN3CCN(C)CC3)c12. The summed E-state index contributed by atoms with van der Waals surface area (Å²) in [5.41, 5.74) is 3.14. The predicted octanol–water partition coefficient (Wildman–Crippen LogP) is 0.885. The number of nitrogens with zero attached hydrogens (tertiary/aromatic N) is 3. The van der Waals surface area contributed by atoms with Crippen molar-refractivity contribution in [1.82, 2.24) is 19.4 Å². The zero-order valence-corrected chi connectivity index (χ0v) is 12.2.